The lowest BCUT2D eigenvalue weighted by atomic mass is 9.92. The van der Waals surface area contributed by atoms with Gasteiger partial charge in [-0.2, -0.15) is 0 Å². The first-order valence-electron chi connectivity index (χ1n) is 8.27. The first-order valence-corrected chi connectivity index (χ1v) is 8.27. The summed E-state index contributed by atoms with van der Waals surface area (Å²) in [7, 11) is 0. The number of hydrogen-bond donors (Lipinski definition) is 2. The predicted octanol–water partition coefficient (Wildman–Crippen LogP) is 3.71. The average Bonchev–Trinajstić information content (AvgIpc) is 2.42. The summed E-state index contributed by atoms with van der Waals surface area (Å²) in [6, 6.07) is 3.55. The van der Waals surface area contributed by atoms with Crippen molar-refractivity contribution < 1.29 is 19.4 Å². The van der Waals surface area contributed by atoms with Crippen LogP contribution in [0.5, 0.6) is 5.75 Å². The molecular weight excluding hydrogens is 306 g/mol. The van der Waals surface area contributed by atoms with Gasteiger partial charge in [-0.05, 0) is 49.8 Å². The molecule has 0 fully saturated rings. The van der Waals surface area contributed by atoms with Crippen LogP contribution in [0.3, 0.4) is 0 Å². The monoisotopic (exact) mass is 335 g/mol. The molecule has 2 N–H and O–H groups in total. The minimum absolute atomic E-state index is 0.0689. The van der Waals surface area contributed by atoms with Crippen LogP contribution >= 0.6 is 0 Å². The molecule has 0 aliphatic carbocycles. The number of phenols is 1. The Balaban J connectivity index is 2.99. The molecule has 0 unspecified atom stereocenters. The van der Waals surface area contributed by atoms with Crippen LogP contribution in [-0.4, -0.2) is 29.1 Å². The molecule has 5 nitrogen and oxygen atoms in total. The van der Waals surface area contributed by atoms with E-state index in [-0.39, 0.29) is 35.7 Å². The van der Waals surface area contributed by atoms with E-state index in [0.29, 0.717) is 5.56 Å². The molecule has 0 spiro atoms. The van der Waals surface area contributed by atoms with Crippen LogP contribution in [0, 0.1) is 0 Å². The molecule has 0 heterocycles. The lowest BCUT2D eigenvalue weighted by Crippen LogP contribution is -2.42. The molecule has 0 aliphatic rings. The van der Waals surface area contributed by atoms with E-state index in [4.69, 9.17) is 4.74 Å². The van der Waals surface area contributed by atoms with Crippen LogP contribution in [0.1, 0.15) is 81.8 Å². The van der Waals surface area contributed by atoms with Crippen molar-refractivity contribution in [3.63, 3.8) is 0 Å². The third kappa shape index (κ3) is 5.55. The van der Waals surface area contributed by atoms with Gasteiger partial charge in [0.1, 0.15) is 11.3 Å². The summed E-state index contributed by atoms with van der Waals surface area (Å²) in [6.45, 7) is 13.1. The number of hydrogen-bond acceptors (Lipinski definition) is 4. The predicted molar refractivity (Wildman–Crippen MR) is 94.5 cm³/mol. The quantitative estimate of drug-likeness (QED) is 0.804. The number of aromatic hydroxyl groups is 1. The minimum Gasteiger partial charge on any atom is -0.507 e. The second-order valence-corrected chi connectivity index (χ2v) is 7.69. The van der Waals surface area contributed by atoms with E-state index in [1.54, 1.807) is 6.07 Å². The van der Waals surface area contributed by atoms with Crippen LogP contribution < -0.4 is 5.32 Å². The van der Waals surface area contributed by atoms with Crippen molar-refractivity contribution in [3.05, 3.63) is 28.8 Å². The zero-order chi connectivity index (χ0) is 18.7. The normalized spacial score (nSPS) is 11.7. The van der Waals surface area contributed by atoms with Crippen molar-refractivity contribution in [2.24, 2.45) is 0 Å². The van der Waals surface area contributed by atoms with Gasteiger partial charge in [0.25, 0.3) is 5.91 Å². The van der Waals surface area contributed by atoms with E-state index < -0.39 is 11.5 Å². The molecule has 0 saturated carbocycles. The highest BCUT2D eigenvalue weighted by atomic mass is 16.5. The van der Waals surface area contributed by atoms with Crippen LogP contribution in [0.4, 0.5) is 0 Å². The van der Waals surface area contributed by atoms with Crippen LogP contribution in [0.2, 0.25) is 0 Å². The smallest absolute Gasteiger partial charge is 0.342 e. The van der Waals surface area contributed by atoms with Gasteiger partial charge in [0.15, 0.2) is 6.61 Å². The summed E-state index contributed by atoms with van der Waals surface area (Å²) in [5.41, 5.74) is 1.36. The third-order valence-electron chi connectivity index (χ3n) is 3.52. The summed E-state index contributed by atoms with van der Waals surface area (Å²) in [5, 5.41) is 13.1. The highest BCUT2D eigenvalue weighted by molar-refractivity contribution is 5.94. The summed E-state index contributed by atoms with van der Waals surface area (Å²) in [4.78, 5) is 24.1. The SMILES string of the molecule is CC(C)c1cc(C(=O)OCC(=O)NC(C)(C)C)c(O)c(C(C)C)c1. The number of phenolic OH excluding ortho intramolecular Hbond substituents is 1. The van der Waals surface area contributed by atoms with E-state index >= 15 is 0 Å². The van der Waals surface area contributed by atoms with E-state index in [2.05, 4.69) is 5.32 Å². The zero-order valence-electron chi connectivity index (χ0n) is 15.7. The van der Waals surface area contributed by atoms with Crippen LogP contribution in [0.25, 0.3) is 0 Å². The Labute approximate surface area is 144 Å². The number of carbonyl (C=O) groups is 2. The molecule has 1 aromatic carbocycles. The average molecular weight is 335 g/mol. The fourth-order valence-electron chi connectivity index (χ4n) is 2.27. The van der Waals surface area contributed by atoms with Crippen molar-refractivity contribution in [2.45, 2.75) is 65.8 Å². The van der Waals surface area contributed by atoms with Gasteiger partial charge in [-0.25, -0.2) is 4.79 Å². The summed E-state index contributed by atoms with van der Waals surface area (Å²) < 4.78 is 5.08. The van der Waals surface area contributed by atoms with Gasteiger partial charge in [-0.15, -0.1) is 0 Å². The number of benzene rings is 1. The van der Waals surface area contributed by atoms with Crippen molar-refractivity contribution in [3.8, 4) is 5.75 Å². The second-order valence-electron chi connectivity index (χ2n) is 7.69. The van der Waals surface area contributed by atoms with Gasteiger partial charge in [0.05, 0.1) is 0 Å². The van der Waals surface area contributed by atoms with Gasteiger partial charge < -0.3 is 15.2 Å². The number of carbonyl (C=O) groups excluding carboxylic acids is 2. The molecule has 0 bridgehead atoms. The Morgan fingerprint density at radius 1 is 1.12 bits per heavy atom. The topological polar surface area (TPSA) is 75.6 Å². The molecule has 24 heavy (non-hydrogen) atoms. The van der Waals surface area contributed by atoms with Gasteiger partial charge >= 0.3 is 5.97 Å². The fourth-order valence-corrected chi connectivity index (χ4v) is 2.27. The number of nitrogens with one attached hydrogen (secondary N) is 1. The fraction of sp³-hybridized carbons (Fsp3) is 0.579. The van der Waals surface area contributed by atoms with E-state index in [1.165, 1.54) is 0 Å². The van der Waals surface area contributed by atoms with Crippen molar-refractivity contribution >= 4 is 11.9 Å². The number of amides is 1. The Morgan fingerprint density at radius 3 is 2.17 bits per heavy atom. The largest absolute Gasteiger partial charge is 0.507 e. The second kappa shape index (κ2) is 7.69. The number of ether oxygens (including phenoxy) is 1. The highest BCUT2D eigenvalue weighted by Gasteiger charge is 2.22. The van der Waals surface area contributed by atoms with Crippen LogP contribution in [-0.2, 0) is 9.53 Å². The first kappa shape index (κ1) is 20.0. The Kier molecular flexibility index (Phi) is 6.41. The highest BCUT2D eigenvalue weighted by Crippen LogP contribution is 2.33. The molecule has 0 radical (unpaired) electrons. The summed E-state index contributed by atoms with van der Waals surface area (Å²) in [5.74, 6) is -0.866. The van der Waals surface area contributed by atoms with Crippen LogP contribution in [0.15, 0.2) is 12.1 Å². The Morgan fingerprint density at radius 2 is 1.71 bits per heavy atom. The van der Waals surface area contributed by atoms with Crippen molar-refractivity contribution in [1.82, 2.24) is 5.32 Å². The van der Waals surface area contributed by atoms with Gasteiger partial charge in [-0.1, -0.05) is 33.8 Å². The van der Waals surface area contributed by atoms with Crippen molar-refractivity contribution in [2.75, 3.05) is 6.61 Å². The van der Waals surface area contributed by atoms with Gasteiger partial charge in [0, 0.05) is 5.54 Å². The minimum atomic E-state index is -0.694. The molecule has 0 saturated heterocycles. The molecule has 134 valence electrons. The molecule has 1 amide bonds. The first-order chi connectivity index (χ1) is 10.9. The third-order valence-corrected chi connectivity index (χ3v) is 3.52. The summed E-state index contributed by atoms with van der Waals surface area (Å²) >= 11 is 0. The lowest BCUT2D eigenvalue weighted by Gasteiger charge is -2.20. The molecule has 1 rings (SSSR count). The zero-order valence-corrected chi connectivity index (χ0v) is 15.7. The number of rotatable bonds is 5. The standard InChI is InChI=1S/C19H29NO4/c1-11(2)13-8-14(12(3)4)17(22)15(9-13)18(23)24-10-16(21)20-19(5,6)7/h8-9,11-12,22H,10H2,1-7H3,(H,20,21). The van der Waals surface area contributed by atoms with Gasteiger partial charge in [0.2, 0.25) is 0 Å². The maximum atomic E-state index is 12.3. The van der Waals surface area contributed by atoms with Crippen molar-refractivity contribution in [1.29, 1.82) is 0 Å². The molecule has 0 aromatic heterocycles. The molecule has 0 atom stereocenters. The maximum absolute atomic E-state index is 12.3. The Hall–Kier alpha value is -2.04. The van der Waals surface area contributed by atoms with E-state index in [0.717, 1.165) is 5.56 Å². The molecule has 1 aromatic rings. The maximum Gasteiger partial charge on any atom is 0.342 e. The van der Waals surface area contributed by atoms with Gasteiger partial charge in [-0.3, -0.25) is 4.79 Å². The molecule has 0 aliphatic heterocycles. The molecular formula is C19H29NO4. The summed E-state index contributed by atoms with van der Waals surface area (Å²) in [6.07, 6.45) is 0. The molecule has 5 heteroatoms. The number of esters is 1. The van der Waals surface area contributed by atoms with E-state index in [1.807, 2.05) is 54.5 Å². The Bertz CT molecular complexity index is 613. The van der Waals surface area contributed by atoms with E-state index in [9.17, 15) is 14.7 Å². The lowest BCUT2D eigenvalue weighted by molar-refractivity contribution is -0.125.